The van der Waals surface area contributed by atoms with Gasteiger partial charge in [0, 0.05) is 16.2 Å². The summed E-state index contributed by atoms with van der Waals surface area (Å²) >= 11 is 3.41. The molecule has 3 rings (SSSR count). The third kappa shape index (κ3) is 5.30. The van der Waals surface area contributed by atoms with E-state index in [9.17, 15) is 4.79 Å². The number of halogens is 1. The van der Waals surface area contributed by atoms with Crippen molar-refractivity contribution in [2.75, 3.05) is 12.4 Å². The van der Waals surface area contributed by atoms with E-state index >= 15 is 0 Å². The lowest BCUT2D eigenvalue weighted by Gasteiger charge is -2.11. The maximum Gasteiger partial charge on any atom is 0.248 e. The van der Waals surface area contributed by atoms with Crippen LogP contribution in [0.2, 0.25) is 0 Å². The van der Waals surface area contributed by atoms with Crippen LogP contribution in [0.4, 0.5) is 5.69 Å². The van der Waals surface area contributed by atoms with Crippen LogP contribution < -0.4 is 14.8 Å². The lowest BCUT2D eigenvalue weighted by molar-refractivity contribution is -0.111. The van der Waals surface area contributed by atoms with Gasteiger partial charge in [0.05, 0.1) is 18.4 Å². The second-order valence-corrected chi connectivity index (χ2v) is 7.70. The first-order chi connectivity index (χ1) is 14.4. The molecule has 3 aromatic rings. The molecule has 0 saturated heterocycles. The van der Waals surface area contributed by atoms with Gasteiger partial charge < -0.3 is 19.3 Å². The van der Waals surface area contributed by atoms with Gasteiger partial charge in [-0.1, -0.05) is 33.2 Å². The summed E-state index contributed by atoms with van der Waals surface area (Å²) in [6, 6.07) is 11.2. The molecule has 1 amide bonds. The number of anilines is 1. The quantitative estimate of drug-likeness (QED) is 0.454. The summed E-state index contributed by atoms with van der Waals surface area (Å²) in [5.74, 6) is 1.70. The maximum absolute atomic E-state index is 12.3. The number of aryl methyl sites for hydroxylation is 3. The second-order valence-electron chi connectivity index (χ2n) is 6.78. The number of aromatic nitrogens is 1. The van der Waals surface area contributed by atoms with Crippen molar-refractivity contribution >= 4 is 33.6 Å². The molecular formula is C23H23BrN2O4. The van der Waals surface area contributed by atoms with E-state index in [1.54, 1.807) is 13.2 Å². The first-order valence-corrected chi connectivity index (χ1v) is 10.1. The fourth-order valence-corrected chi connectivity index (χ4v) is 3.20. The van der Waals surface area contributed by atoms with E-state index in [0.717, 1.165) is 38.3 Å². The smallest absolute Gasteiger partial charge is 0.248 e. The zero-order valence-electron chi connectivity index (χ0n) is 17.3. The number of nitrogens with zero attached hydrogens (tertiary/aromatic N) is 1. The summed E-state index contributed by atoms with van der Waals surface area (Å²) in [7, 11) is 1.58. The molecule has 0 bridgehead atoms. The molecule has 0 saturated carbocycles. The minimum atomic E-state index is -0.214. The third-order valence-electron chi connectivity index (χ3n) is 4.63. The molecule has 0 fully saturated rings. The van der Waals surface area contributed by atoms with Crippen LogP contribution >= 0.6 is 15.9 Å². The molecule has 0 radical (unpaired) electrons. The second kappa shape index (κ2) is 9.63. The van der Waals surface area contributed by atoms with Gasteiger partial charge in [0.1, 0.15) is 12.4 Å². The first kappa shape index (κ1) is 21.6. The van der Waals surface area contributed by atoms with Gasteiger partial charge in [0.25, 0.3) is 0 Å². The van der Waals surface area contributed by atoms with E-state index < -0.39 is 0 Å². The van der Waals surface area contributed by atoms with Gasteiger partial charge in [-0.25, -0.2) is 0 Å². The molecule has 1 N–H and O–H groups in total. The Hall–Kier alpha value is -3.06. The van der Waals surface area contributed by atoms with Crippen LogP contribution in [0.25, 0.3) is 6.08 Å². The third-order valence-corrected chi connectivity index (χ3v) is 5.12. The molecule has 1 aromatic heterocycles. The van der Waals surface area contributed by atoms with E-state index in [1.807, 2.05) is 57.2 Å². The topological polar surface area (TPSA) is 73.6 Å². The van der Waals surface area contributed by atoms with Crippen molar-refractivity contribution in [3.05, 3.63) is 75.1 Å². The average molecular weight is 471 g/mol. The Labute approximate surface area is 184 Å². The van der Waals surface area contributed by atoms with E-state index in [-0.39, 0.29) is 5.91 Å². The predicted molar refractivity (Wildman–Crippen MR) is 120 cm³/mol. The lowest BCUT2D eigenvalue weighted by Crippen LogP contribution is -2.08. The molecule has 7 heteroatoms. The summed E-state index contributed by atoms with van der Waals surface area (Å²) in [6.07, 6.45) is 3.21. The van der Waals surface area contributed by atoms with Gasteiger partial charge >= 0.3 is 0 Å². The van der Waals surface area contributed by atoms with Gasteiger partial charge in [-0.2, -0.15) is 0 Å². The maximum atomic E-state index is 12.3. The van der Waals surface area contributed by atoms with Crippen molar-refractivity contribution in [3.8, 4) is 11.5 Å². The molecule has 1 heterocycles. The zero-order chi connectivity index (χ0) is 21.7. The highest BCUT2D eigenvalue weighted by Gasteiger charge is 2.12. The number of carbonyl (C=O) groups is 1. The Kier molecular flexibility index (Phi) is 6.95. The molecule has 0 aliphatic rings. The van der Waals surface area contributed by atoms with Gasteiger partial charge in [-0.05, 0) is 62.2 Å². The number of amides is 1. The number of carbonyl (C=O) groups excluding carboxylic acids is 1. The Morgan fingerprint density at radius 1 is 1.17 bits per heavy atom. The van der Waals surface area contributed by atoms with Gasteiger partial charge in [0.15, 0.2) is 11.5 Å². The standard InChI is InChI=1S/C23H23BrN2O4/c1-14-5-8-18(24)12-20(14)25-23(27)10-7-17-6-9-21(22(11-17)28-4)29-13-19-15(2)26-30-16(19)3/h5-12H,13H2,1-4H3,(H,25,27). The Morgan fingerprint density at radius 2 is 1.97 bits per heavy atom. The Balaban J connectivity index is 1.68. The van der Waals surface area contributed by atoms with Crippen LogP contribution in [-0.2, 0) is 11.4 Å². The highest BCUT2D eigenvalue weighted by molar-refractivity contribution is 9.10. The Morgan fingerprint density at radius 3 is 2.67 bits per heavy atom. The van der Waals surface area contributed by atoms with Crippen LogP contribution in [-0.4, -0.2) is 18.2 Å². The molecule has 30 heavy (non-hydrogen) atoms. The van der Waals surface area contributed by atoms with Crippen molar-refractivity contribution in [1.82, 2.24) is 5.16 Å². The SMILES string of the molecule is COc1cc(C=CC(=O)Nc2cc(Br)ccc2C)ccc1OCc1c(C)noc1C. The van der Waals surface area contributed by atoms with Crippen molar-refractivity contribution in [3.63, 3.8) is 0 Å². The lowest BCUT2D eigenvalue weighted by atomic mass is 10.1. The molecule has 0 atom stereocenters. The highest BCUT2D eigenvalue weighted by atomic mass is 79.9. The van der Waals surface area contributed by atoms with E-state index in [0.29, 0.717) is 18.1 Å². The zero-order valence-corrected chi connectivity index (χ0v) is 18.9. The molecular weight excluding hydrogens is 448 g/mol. The molecule has 2 aromatic carbocycles. The Bertz CT molecular complexity index is 1070. The fourth-order valence-electron chi connectivity index (χ4n) is 2.84. The molecule has 0 aliphatic carbocycles. The van der Waals surface area contributed by atoms with Crippen molar-refractivity contribution in [2.45, 2.75) is 27.4 Å². The number of nitrogens with one attached hydrogen (secondary N) is 1. The average Bonchev–Trinajstić information content (AvgIpc) is 3.05. The molecule has 6 nitrogen and oxygen atoms in total. The summed E-state index contributed by atoms with van der Waals surface area (Å²) in [5.41, 5.74) is 4.29. The van der Waals surface area contributed by atoms with Crippen LogP contribution in [0.15, 0.2) is 51.5 Å². The summed E-state index contributed by atoms with van der Waals surface area (Å²) in [4.78, 5) is 12.3. The summed E-state index contributed by atoms with van der Waals surface area (Å²) in [5, 5.41) is 6.81. The van der Waals surface area contributed by atoms with Crippen LogP contribution in [0.1, 0.15) is 28.1 Å². The molecule has 156 valence electrons. The predicted octanol–water partition coefficient (Wildman–Crippen LogP) is 5.60. The summed E-state index contributed by atoms with van der Waals surface area (Å²) in [6.45, 7) is 6.00. The van der Waals surface area contributed by atoms with Gasteiger partial charge in [-0.3, -0.25) is 4.79 Å². The van der Waals surface area contributed by atoms with Crippen molar-refractivity contribution in [2.24, 2.45) is 0 Å². The monoisotopic (exact) mass is 470 g/mol. The number of hydrogen-bond acceptors (Lipinski definition) is 5. The number of methoxy groups -OCH3 is 1. The normalized spacial score (nSPS) is 11.0. The molecule has 0 unspecified atom stereocenters. The number of ether oxygens (including phenoxy) is 2. The van der Waals surface area contributed by atoms with E-state index in [4.69, 9.17) is 14.0 Å². The molecule has 0 aliphatic heterocycles. The number of benzene rings is 2. The number of hydrogen-bond donors (Lipinski definition) is 1. The minimum Gasteiger partial charge on any atom is -0.493 e. The van der Waals surface area contributed by atoms with Crippen molar-refractivity contribution < 1.29 is 18.8 Å². The minimum absolute atomic E-state index is 0.214. The van der Waals surface area contributed by atoms with Crippen LogP contribution in [0.3, 0.4) is 0 Å². The highest BCUT2D eigenvalue weighted by Crippen LogP contribution is 2.30. The van der Waals surface area contributed by atoms with Crippen molar-refractivity contribution in [1.29, 1.82) is 0 Å². The van der Waals surface area contributed by atoms with Gasteiger partial charge in [0.2, 0.25) is 5.91 Å². The fraction of sp³-hybridized carbons (Fsp3) is 0.217. The largest absolute Gasteiger partial charge is 0.493 e. The first-order valence-electron chi connectivity index (χ1n) is 9.35. The molecule has 0 spiro atoms. The van der Waals surface area contributed by atoms with E-state index in [2.05, 4.69) is 26.4 Å². The number of rotatable bonds is 7. The van der Waals surface area contributed by atoms with Crippen LogP contribution in [0.5, 0.6) is 11.5 Å². The van der Waals surface area contributed by atoms with Crippen LogP contribution in [0, 0.1) is 20.8 Å². The summed E-state index contributed by atoms with van der Waals surface area (Å²) < 4.78 is 17.4. The van der Waals surface area contributed by atoms with E-state index in [1.165, 1.54) is 6.08 Å². The van der Waals surface area contributed by atoms with Gasteiger partial charge in [-0.15, -0.1) is 0 Å².